The average Bonchev–Trinajstić information content (AvgIpc) is 2.98. The Kier molecular flexibility index (Phi) is 3.39. The van der Waals surface area contributed by atoms with E-state index in [2.05, 4.69) is 10.3 Å². The Hall–Kier alpha value is -1.63. The Morgan fingerprint density at radius 2 is 2.10 bits per heavy atom. The summed E-state index contributed by atoms with van der Waals surface area (Å²) in [4.78, 5) is 15.7. The zero-order valence-electron chi connectivity index (χ0n) is 11.7. The van der Waals surface area contributed by atoms with E-state index in [1.807, 2.05) is 0 Å². The van der Waals surface area contributed by atoms with Crippen LogP contribution in [0.4, 0.5) is 5.82 Å². The first-order valence-corrected chi connectivity index (χ1v) is 8.91. The number of hydrogen-bond acceptors (Lipinski definition) is 5. The normalized spacial score (nSPS) is 31.3. The summed E-state index contributed by atoms with van der Waals surface area (Å²) >= 11 is 0. The van der Waals surface area contributed by atoms with Crippen molar-refractivity contribution in [2.75, 3.05) is 11.6 Å². The third kappa shape index (κ3) is 2.50. The van der Waals surface area contributed by atoms with E-state index < -0.39 is 21.7 Å². The van der Waals surface area contributed by atoms with Crippen molar-refractivity contribution in [2.45, 2.75) is 30.2 Å². The van der Waals surface area contributed by atoms with Crippen LogP contribution < -0.4 is 5.32 Å². The van der Waals surface area contributed by atoms with E-state index in [1.54, 1.807) is 6.07 Å². The van der Waals surface area contributed by atoms with E-state index >= 15 is 0 Å². The first-order chi connectivity index (χ1) is 9.88. The van der Waals surface area contributed by atoms with Crippen LogP contribution in [0.3, 0.4) is 0 Å². The van der Waals surface area contributed by atoms with Gasteiger partial charge in [0.25, 0.3) is 0 Å². The number of nitrogens with zero attached hydrogens (tertiary/aromatic N) is 1. The van der Waals surface area contributed by atoms with Gasteiger partial charge in [0.2, 0.25) is 0 Å². The van der Waals surface area contributed by atoms with Gasteiger partial charge in [-0.25, -0.2) is 13.4 Å². The van der Waals surface area contributed by atoms with E-state index in [0.717, 1.165) is 25.5 Å². The Morgan fingerprint density at radius 1 is 1.38 bits per heavy atom. The lowest BCUT2D eigenvalue weighted by atomic mass is 9.84. The summed E-state index contributed by atoms with van der Waals surface area (Å²) < 4.78 is 23.6. The second kappa shape index (κ2) is 4.98. The molecule has 4 atom stereocenters. The molecule has 1 aromatic heterocycles. The number of anilines is 1. The average molecular weight is 310 g/mol. The lowest BCUT2D eigenvalue weighted by Gasteiger charge is -2.29. The van der Waals surface area contributed by atoms with Gasteiger partial charge in [0.15, 0.2) is 9.84 Å². The highest BCUT2D eigenvalue weighted by Crippen LogP contribution is 2.49. The minimum atomic E-state index is -3.40. The van der Waals surface area contributed by atoms with Gasteiger partial charge in [0, 0.05) is 18.5 Å². The van der Waals surface area contributed by atoms with Crippen molar-refractivity contribution in [2.24, 2.45) is 17.8 Å². The molecule has 2 bridgehead atoms. The largest absolute Gasteiger partial charge is 0.481 e. The zero-order chi connectivity index (χ0) is 15.2. The molecule has 2 saturated carbocycles. The molecule has 0 saturated heterocycles. The first kappa shape index (κ1) is 14.3. The molecule has 0 aromatic carbocycles. The highest BCUT2D eigenvalue weighted by Gasteiger charge is 2.51. The van der Waals surface area contributed by atoms with Gasteiger partial charge >= 0.3 is 5.97 Å². The maximum absolute atomic E-state index is 11.8. The number of carboxylic acid groups (broad SMARTS) is 1. The fraction of sp³-hybridized carbons (Fsp3) is 0.571. The van der Waals surface area contributed by atoms with Crippen LogP contribution in [-0.4, -0.2) is 36.8 Å². The van der Waals surface area contributed by atoms with Crippen LogP contribution in [0.15, 0.2) is 23.2 Å². The zero-order valence-corrected chi connectivity index (χ0v) is 12.5. The standard InChI is InChI=1S/C14H18N2O4S/c1-21(19,20)10-3-2-6-15-13(10)16-12-9-5-4-8(7-9)11(12)14(17)18/h2-3,6,8-9,11-12H,4-5,7H2,1H3,(H,15,16)(H,17,18). The Morgan fingerprint density at radius 3 is 2.76 bits per heavy atom. The summed E-state index contributed by atoms with van der Waals surface area (Å²) in [5, 5.41) is 12.5. The molecule has 114 valence electrons. The SMILES string of the molecule is CS(=O)(=O)c1cccnc1NC1C2CCC(C2)C1C(=O)O. The van der Waals surface area contributed by atoms with Gasteiger partial charge in [-0.15, -0.1) is 0 Å². The molecular formula is C14H18N2O4S. The van der Waals surface area contributed by atoms with Crippen LogP contribution in [0, 0.1) is 17.8 Å². The monoisotopic (exact) mass is 310 g/mol. The number of aromatic nitrogens is 1. The van der Waals surface area contributed by atoms with Crippen LogP contribution in [0.2, 0.25) is 0 Å². The summed E-state index contributed by atoms with van der Waals surface area (Å²) in [5.41, 5.74) is 0. The van der Waals surface area contributed by atoms with Crippen LogP contribution >= 0.6 is 0 Å². The summed E-state index contributed by atoms with van der Waals surface area (Å²) in [7, 11) is -3.40. The number of nitrogens with one attached hydrogen (secondary N) is 1. The molecule has 2 fully saturated rings. The van der Waals surface area contributed by atoms with Gasteiger partial charge in [0.1, 0.15) is 10.7 Å². The number of hydrogen-bond donors (Lipinski definition) is 2. The van der Waals surface area contributed by atoms with E-state index in [4.69, 9.17) is 0 Å². The van der Waals surface area contributed by atoms with Crippen molar-refractivity contribution in [1.29, 1.82) is 0 Å². The van der Waals surface area contributed by atoms with Crippen LogP contribution in [0.1, 0.15) is 19.3 Å². The Balaban J connectivity index is 1.92. The van der Waals surface area contributed by atoms with Crippen molar-refractivity contribution in [1.82, 2.24) is 4.98 Å². The molecule has 2 aliphatic carbocycles. The maximum atomic E-state index is 11.8. The van der Waals surface area contributed by atoms with Crippen molar-refractivity contribution in [3.63, 3.8) is 0 Å². The number of aliphatic carboxylic acids is 1. The van der Waals surface area contributed by atoms with Crippen LogP contribution in [0.25, 0.3) is 0 Å². The number of pyridine rings is 1. The van der Waals surface area contributed by atoms with Crippen molar-refractivity contribution in [3.8, 4) is 0 Å². The molecule has 1 aromatic rings. The predicted molar refractivity (Wildman–Crippen MR) is 76.7 cm³/mol. The molecule has 0 spiro atoms. The maximum Gasteiger partial charge on any atom is 0.308 e. The van der Waals surface area contributed by atoms with Gasteiger partial charge in [-0.2, -0.15) is 0 Å². The molecule has 7 heteroatoms. The molecule has 21 heavy (non-hydrogen) atoms. The minimum absolute atomic E-state index is 0.122. The van der Waals surface area contributed by atoms with Gasteiger partial charge < -0.3 is 10.4 Å². The highest BCUT2D eigenvalue weighted by atomic mass is 32.2. The van der Waals surface area contributed by atoms with E-state index in [0.29, 0.717) is 0 Å². The Bertz CT molecular complexity index is 673. The summed E-state index contributed by atoms with van der Waals surface area (Å²) in [6, 6.07) is 2.82. The molecule has 2 aliphatic rings. The van der Waals surface area contributed by atoms with Gasteiger partial charge in [-0.1, -0.05) is 0 Å². The molecule has 1 heterocycles. The number of fused-ring (bicyclic) bond motifs is 2. The lowest BCUT2D eigenvalue weighted by molar-refractivity contribution is -0.143. The van der Waals surface area contributed by atoms with Gasteiger partial charge in [0.05, 0.1) is 5.92 Å². The molecule has 0 aliphatic heterocycles. The number of carboxylic acids is 1. The van der Waals surface area contributed by atoms with E-state index in [9.17, 15) is 18.3 Å². The quantitative estimate of drug-likeness (QED) is 0.872. The number of carbonyl (C=O) groups is 1. The molecule has 0 amide bonds. The highest BCUT2D eigenvalue weighted by molar-refractivity contribution is 7.90. The van der Waals surface area contributed by atoms with Crippen molar-refractivity contribution in [3.05, 3.63) is 18.3 Å². The van der Waals surface area contributed by atoms with Gasteiger partial charge in [-0.05, 0) is 43.2 Å². The fourth-order valence-electron chi connectivity index (χ4n) is 3.81. The molecular weight excluding hydrogens is 292 g/mol. The molecule has 2 N–H and O–H groups in total. The summed E-state index contributed by atoms with van der Waals surface area (Å²) in [6.45, 7) is 0. The van der Waals surface area contributed by atoms with E-state index in [1.165, 1.54) is 12.3 Å². The molecule has 3 rings (SSSR count). The van der Waals surface area contributed by atoms with E-state index in [-0.39, 0.29) is 28.6 Å². The molecule has 0 radical (unpaired) electrons. The third-order valence-electron chi connectivity index (χ3n) is 4.68. The first-order valence-electron chi connectivity index (χ1n) is 7.02. The second-order valence-corrected chi connectivity index (χ2v) is 7.97. The second-order valence-electron chi connectivity index (χ2n) is 5.99. The fourth-order valence-corrected chi connectivity index (χ4v) is 4.60. The molecule has 6 nitrogen and oxygen atoms in total. The Labute approximate surface area is 123 Å². The topological polar surface area (TPSA) is 96.4 Å². The van der Waals surface area contributed by atoms with Crippen molar-refractivity contribution >= 4 is 21.6 Å². The lowest BCUT2D eigenvalue weighted by Crippen LogP contribution is -2.39. The smallest absolute Gasteiger partial charge is 0.308 e. The number of rotatable bonds is 4. The summed E-state index contributed by atoms with van der Waals surface area (Å²) in [5.74, 6) is -0.528. The molecule has 4 unspecified atom stereocenters. The van der Waals surface area contributed by atoms with Gasteiger partial charge in [-0.3, -0.25) is 4.79 Å². The van der Waals surface area contributed by atoms with Crippen molar-refractivity contribution < 1.29 is 18.3 Å². The minimum Gasteiger partial charge on any atom is -0.481 e. The summed E-state index contributed by atoms with van der Waals surface area (Å²) in [6.07, 6.45) is 5.48. The third-order valence-corrected chi connectivity index (χ3v) is 5.80. The van der Waals surface area contributed by atoms with Crippen LogP contribution in [-0.2, 0) is 14.6 Å². The predicted octanol–water partition coefficient (Wildman–Crippen LogP) is 1.40. The number of sulfone groups is 1. The van der Waals surface area contributed by atoms with Crippen LogP contribution in [0.5, 0.6) is 0 Å².